The molecule has 0 aromatic rings. The molecule has 1 amide bonds. The van der Waals surface area contributed by atoms with Gasteiger partial charge in [-0.05, 0) is 32.3 Å². The summed E-state index contributed by atoms with van der Waals surface area (Å²) in [6, 6.07) is -0.848. The van der Waals surface area contributed by atoms with E-state index in [9.17, 15) is 9.59 Å². The van der Waals surface area contributed by atoms with Crippen molar-refractivity contribution < 1.29 is 19.1 Å². The fourth-order valence-corrected chi connectivity index (χ4v) is 2.63. The van der Waals surface area contributed by atoms with Crippen molar-refractivity contribution >= 4 is 36.7 Å². The average Bonchev–Trinajstić information content (AvgIpc) is 2.54. The number of carbonyl (C=O) groups excluding carboxylic acids is 2. The van der Waals surface area contributed by atoms with Crippen LogP contribution in [-0.2, 0) is 19.1 Å². The maximum Gasteiger partial charge on any atom is 0.333 e. The van der Waals surface area contributed by atoms with Crippen molar-refractivity contribution in [3.05, 3.63) is 11.6 Å². The highest BCUT2D eigenvalue weighted by atomic mass is 35.5. The highest BCUT2D eigenvalue weighted by Gasteiger charge is 2.36. The van der Waals surface area contributed by atoms with Crippen molar-refractivity contribution in [3.8, 4) is 0 Å². The number of esters is 1. The molecule has 0 fully saturated rings. The van der Waals surface area contributed by atoms with Crippen LogP contribution >= 0.6 is 24.8 Å². The maximum atomic E-state index is 12.0. The van der Waals surface area contributed by atoms with Gasteiger partial charge < -0.3 is 26.3 Å². The minimum atomic E-state index is -0.474. The van der Waals surface area contributed by atoms with E-state index in [1.165, 1.54) is 0 Å². The third-order valence-corrected chi connectivity index (χ3v) is 3.95. The molecule has 25 heavy (non-hydrogen) atoms. The molecule has 1 rings (SSSR count). The van der Waals surface area contributed by atoms with Crippen LogP contribution in [-0.4, -0.2) is 49.3 Å². The second-order valence-electron chi connectivity index (χ2n) is 5.62. The fourth-order valence-electron chi connectivity index (χ4n) is 2.63. The zero-order valence-corrected chi connectivity index (χ0v) is 16.7. The van der Waals surface area contributed by atoms with E-state index in [-0.39, 0.29) is 49.3 Å². The lowest BCUT2D eigenvalue weighted by atomic mass is 9.88. The topological polar surface area (TPSA) is 117 Å². The first-order valence-corrected chi connectivity index (χ1v) is 8.24. The van der Waals surface area contributed by atoms with Crippen molar-refractivity contribution in [3.63, 3.8) is 0 Å². The van der Waals surface area contributed by atoms with Gasteiger partial charge in [-0.3, -0.25) is 4.79 Å². The summed E-state index contributed by atoms with van der Waals surface area (Å²) in [6.45, 7) is 6.00. The number of nitrogens with one attached hydrogen (secondary N) is 1. The Kier molecular flexibility index (Phi) is 14.1. The van der Waals surface area contributed by atoms with E-state index in [1.54, 1.807) is 13.0 Å². The van der Waals surface area contributed by atoms with Gasteiger partial charge >= 0.3 is 5.97 Å². The van der Waals surface area contributed by atoms with Gasteiger partial charge in [0.2, 0.25) is 5.91 Å². The molecule has 5 N–H and O–H groups in total. The summed E-state index contributed by atoms with van der Waals surface area (Å²) < 4.78 is 11.1. The van der Waals surface area contributed by atoms with Crippen LogP contribution in [0.2, 0.25) is 0 Å². The Bertz CT molecular complexity index is 445. The van der Waals surface area contributed by atoms with Gasteiger partial charge in [0.05, 0.1) is 31.4 Å². The molecule has 0 radical (unpaired) electrons. The molecule has 0 spiro atoms. The van der Waals surface area contributed by atoms with E-state index in [0.717, 1.165) is 12.8 Å². The Labute approximate surface area is 162 Å². The zero-order valence-electron chi connectivity index (χ0n) is 15.0. The van der Waals surface area contributed by atoms with Crippen LogP contribution < -0.4 is 16.8 Å². The third-order valence-electron chi connectivity index (χ3n) is 3.95. The van der Waals surface area contributed by atoms with Crippen LogP contribution in [0.1, 0.15) is 40.0 Å². The lowest BCUT2D eigenvalue weighted by molar-refractivity contribution is -0.139. The van der Waals surface area contributed by atoms with E-state index in [2.05, 4.69) is 5.32 Å². The number of hydrogen-bond acceptors (Lipinski definition) is 6. The number of ether oxygens (including phenoxy) is 2. The van der Waals surface area contributed by atoms with Crippen LogP contribution in [0.25, 0.3) is 0 Å². The lowest BCUT2D eigenvalue weighted by Crippen LogP contribution is -2.58. The molecule has 0 saturated carbocycles. The third kappa shape index (κ3) is 7.92. The number of carbonyl (C=O) groups is 2. The van der Waals surface area contributed by atoms with Gasteiger partial charge in [-0.2, -0.15) is 0 Å². The van der Waals surface area contributed by atoms with Crippen molar-refractivity contribution in [2.75, 3.05) is 13.2 Å². The van der Waals surface area contributed by atoms with Gasteiger partial charge in [0, 0.05) is 11.6 Å². The molecule has 3 atom stereocenters. The number of nitrogens with two attached hydrogens (primary N) is 2. The molecule has 0 aliphatic heterocycles. The summed E-state index contributed by atoms with van der Waals surface area (Å²) in [5.74, 6) is -0.679. The Balaban J connectivity index is 0. The molecule has 148 valence electrons. The Hall–Kier alpha value is -0.860. The number of amides is 1. The predicted octanol–water partition coefficient (Wildman–Crippen LogP) is 1.07. The molecule has 0 saturated heterocycles. The summed E-state index contributed by atoms with van der Waals surface area (Å²) in [5.41, 5.74) is 12.0. The van der Waals surface area contributed by atoms with E-state index in [0.29, 0.717) is 18.6 Å². The molecule has 9 heteroatoms. The van der Waals surface area contributed by atoms with E-state index >= 15 is 0 Å². The second kappa shape index (κ2) is 13.4. The molecule has 1 aliphatic carbocycles. The van der Waals surface area contributed by atoms with Crippen molar-refractivity contribution in [2.24, 2.45) is 11.5 Å². The normalized spacial score (nSPS) is 22.3. The largest absolute Gasteiger partial charge is 0.463 e. The van der Waals surface area contributed by atoms with Crippen LogP contribution in [0.4, 0.5) is 0 Å². The summed E-state index contributed by atoms with van der Waals surface area (Å²) in [5, 5.41) is 2.80. The van der Waals surface area contributed by atoms with Gasteiger partial charge in [0.1, 0.15) is 0 Å². The van der Waals surface area contributed by atoms with Crippen molar-refractivity contribution in [1.29, 1.82) is 0 Å². The second-order valence-corrected chi connectivity index (χ2v) is 5.62. The quantitative estimate of drug-likeness (QED) is 0.525. The number of hydrogen-bond donors (Lipinski definition) is 3. The van der Waals surface area contributed by atoms with Gasteiger partial charge in [0.25, 0.3) is 0 Å². The highest BCUT2D eigenvalue weighted by molar-refractivity contribution is 5.89. The molecule has 3 unspecified atom stereocenters. The molecular formula is C16H31Cl2N3O4. The molecule has 0 heterocycles. The van der Waals surface area contributed by atoms with Crippen LogP contribution in [0.3, 0.4) is 0 Å². The van der Waals surface area contributed by atoms with Gasteiger partial charge in [-0.25, -0.2) is 4.79 Å². The molecule has 1 aliphatic rings. The highest BCUT2D eigenvalue weighted by Crippen LogP contribution is 2.24. The molecule has 7 nitrogen and oxygen atoms in total. The standard InChI is InChI=1S/C16H29N3O4.2ClH/c1-4-11(5-2)23-13-8-10(16(21)22-6-3)7-12(18)15(13)19-14(20)9-17;;/h8,11-13,15H,4-7,9,17-18H2,1-3H3,(H,19,20);2*1H. The predicted molar refractivity (Wildman–Crippen MR) is 102 cm³/mol. The monoisotopic (exact) mass is 399 g/mol. The smallest absolute Gasteiger partial charge is 0.333 e. The van der Waals surface area contributed by atoms with E-state index in [4.69, 9.17) is 20.9 Å². The van der Waals surface area contributed by atoms with Gasteiger partial charge in [-0.15, -0.1) is 24.8 Å². The van der Waals surface area contributed by atoms with Crippen molar-refractivity contribution in [2.45, 2.75) is 64.3 Å². The maximum absolute atomic E-state index is 12.0. The Morgan fingerprint density at radius 3 is 2.36 bits per heavy atom. The Morgan fingerprint density at radius 1 is 1.28 bits per heavy atom. The summed E-state index contributed by atoms with van der Waals surface area (Å²) in [4.78, 5) is 23.6. The van der Waals surface area contributed by atoms with Gasteiger partial charge in [0.15, 0.2) is 0 Å². The van der Waals surface area contributed by atoms with Gasteiger partial charge in [-0.1, -0.05) is 13.8 Å². The minimum absolute atomic E-state index is 0. The lowest BCUT2D eigenvalue weighted by Gasteiger charge is -2.36. The molecule has 0 aromatic carbocycles. The zero-order chi connectivity index (χ0) is 17.4. The molecular weight excluding hydrogens is 369 g/mol. The van der Waals surface area contributed by atoms with E-state index < -0.39 is 18.2 Å². The summed E-state index contributed by atoms with van der Waals surface area (Å²) in [6.07, 6.45) is 3.28. The van der Waals surface area contributed by atoms with Crippen LogP contribution in [0.15, 0.2) is 11.6 Å². The number of rotatable bonds is 8. The summed E-state index contributed by atoms with van der Waals surface area (Å²) >= 11 is 0. The molecule has 0 bridgehead atoms. The summed E-state index contributed by atoms with van der Waals surface area (Å²) in [7, 11) is 0. The number of halogens is 2. The van der Waals surface area contributed by atoms with Crippen LogP contribution in [0.5, 0.6) is 0 Å². The van der Waals surface area contributed by atoms with Crippen molar-refractivity contribution in [1.82, 2.24) is 5.32 Å². The Morgan fingerprint density at radius 2 is 1.88 bits per heavy atom. The minimum Gasteiger partial charge on any atom is -0.463 e. The first-order chi connectivity index (χ1) is 11.0. The fraction of sp³-hybridized carbons (Fsp3) is 0.750. The SMILES string of the molecule is CCOC(=O)C1=CC(OC(CC)CC)C(NC(=O)CN)C(N)C1.Cl.Cl. The first kappa shape index (κ1) is 26.4. The molecule has 0 aromatic heterocycles. The van der Waals surface area contributed by atoms with E-state index in [1.807, 2.05) is 13.8 Å². The van der Waals surface area contributed by atoms with Crippen LogP contribution in [0, 0.1) is 0 Å². The first-order valence-electron chi connectivity index (χ1n) is 8.24. The average molecular weight is 400 g/mol.